The minimum absolute atomic E-state index is 0.0635. The minimum Gasteiger partial charge on any atom is -0.481 e. The number of ketones is 1. The van der Waals surface area contributed by atoms with Gasteiger partial charge < -0.3 is 51.8 Å². The van der Waals surface area contributed by atoms with Crippen LogP contribution in [-0.2, 0) is 57.5 Å². The first-order chi connectivity index (χ1) is 28.0. The average molecular weight is 852 g/mol. The van der Waals surface area contributed by atoms with E-state index in [2.05, 4.69) is 38.5 Å². The molecule has 1 heterocycles. The van der Waals surface area contributed by atoms with Crippen LogP contribution in [-0.4, -0.2) is 136 Å². The van der Waals surface area contributed by atoms with Crippen LogP contribution in [0.15, 0.2) is 12.7 Å². The molecule has 0 saturated carbocycles. The molecule has 0 bridgehead atoms. The summed E-state index contributed by atoms with van der Waals surface area (Å²) in [6, 6.07) is -7.83. The summed E-state index contributed by atoms with van der Waals surface area (Å²) in [4.78, 5) is 141. The molecule has 7 amide bonds. The molecule has 1 aliphatic rings. The molecule has 0 radical (unpaired) electrons. The first-order valence-corrected chi connectivity index (χ1v) is 19.8. The Kier molecular flexibility index (Phi) is 22.2. The molecule has 0 aromatic heterocycles. The summed E-state index contributed by atoms with van der Waals surface area (Å²) in [5.41, 5.74) is 0. The lowest BCUT2D eigenvalue weighted by molar-refractivity contribution is -0.146. The first-order valence-electron chi connectivity index (χ1n) is 19.8. The number of hydrogen-bond acceptors (Lipinski definition) is 12. The average Bonchev–Trinajstić information content (AvgIpc) is 3.66. The summed E-state index contributed by atoms with van der Waals surface area (Å²) in [5, 5.41) is 33.0. The van der Waals surface area contributed by atoms with Gasteiger partial charge in [0.25, 0.3) is 5.91 Å². The maximum absolute atomic E-state index is 14.1. The van der Waals surface area contributed by atoms with Gasteiger partial charge in [-0.25, -0.2) is 0 Å². The van der Waals surface area contributed by atoms with Crippen LogP contribution in [0.5, 0.6) is 0 Å². The molecule has 8 N–H and O–H groups in total. The fourth-order valence-electron chi connectivity index (χ4n) is 6.19. The van der Waals surface area contributed by atoms with Crippen molar-refractivity contribution < 1.29 is 67.7 Å². The van der Waals surface area contributed by atoms with Gasteiger partial charge in [-0.2, -0.15) is 0 Å². The predicted octanol–water partition coefficient (Wildman–Crippen LogP) is -1.08. The Morgan fingerprint density at radius 1 is 0.733 bits per heavy atom. The van der Waals surface area contributed by atoms with Gasteiger partial charge in [-0.05, 0) is 49.9 Å². The molecule has 0 aromatic carbocycles. The van der Waals surface area contributed by atoms with Crippen molar-refractivity contribution in [2.75, 3.05) is 19.7 Å². The molecule has 1 rings (SSSR count). The number of amides is 7. The maximum Gasteiger partial charge on any atom is 0.325 e. The SMILES string of the molecule is C=CCOC(=O)CNC(=O)C(=O)[C@H](CC(C)C)NC(=O)[C@@H]1CCCN1C(=O)[C@@H](NC(=O)[C@@H](NC(=O)C(CCC(=O)O)NC(=O)[C@H](CCC(=O)O)NC(C)=O)C(C)C)C(C)C. The van der Waals surface area contributed by atoms with Crippen LogP contribution < -0.4 is 31.9 Å². The van der Waals surface area contributed by atoms with Crippen molar-refractivity contribution in [2.24, 2.45) is 17.8 Å². The summed E-state index contributed by atoms with van der Waals surface area (Å²) in [7, 11) is 0. The number of rotatable bonds is 26. The predicted molar refractivity (Wildman–Crippen MR) is 212 cm³/mol. The molecular weight excluding hydrogens is 790 g/mol. The number of likely N-dealkylation sites (tertiary alicyclic amines) is 1. The van der Waals surface area contributed by atoms with E-state index in [9.17, 15) is 57.8 Å². The Morgan fingerprint density at radius 2 is 1.27 bits per heavy atom. The van der Waals surface area contributed by atoms with Gasteiger partial charge in [0, 0.05) is 26.3 Å². The van der Waals surface area contributed by atoms with Gasteiger partial charge >= 0.3 is 17.9 Å². The number of nitrogens with zero attached hydrogens (tertiary/aromatic N) is 1. The van der Waals surface area contributed by atoms with Gasteiger partial charge in [0.15, 0.2) is 0 Å². The second-order valence-corrected chi connectivity index (χ2v) is 15.5. The Morgan fingerprint density at radius 3 is 1.77 bits per heavy atom. The zero-order chi connectivity index (χ0) is 45.9. The minimum atomic E-state index is -1.54. The summed E-state index contributed by atoms with van der Waals surface area (Å²) >= 11 is 0. The van der Waals surface area contributed by atoms with Gasteiger partial charge in [-0.1, -0.05) is 54.2 Å². The van der Waals surface area contributed by atoms with Crippen molar-refractivity contribution >= 4 is 65.0 Å². The number of carboxylic acid groups (broad SMARTS) is 2. The van der Waals surface area contributed by atoms with E-state index in [4.69, 9.17) is 9.84 Å². The van der Waals surface area contributed by atoms with E-state index in [0.717, 1.165) is 6.92 Å². The van der Waals surface area contributed by atoms with Crippen LogP contribution in [0.1, 0.15) is 93.4 Å². The second-order valence-electron chi connectivity index (χ2n) is 15.5. The highest BCUT2D eigenvalue weighted by molar-refractivity contribution is 6.38. The van der Waals surface area contributed by atoms with Crippen LogP contribution >= 0.6 is 0 Å². The fourth-order valence-corrected chi connectivity index (χ4v) is 6.19. The number of hydrogen-bond donors (Lipinski definition) is 8. The van der Waals surface area contributed by atoms with Gasteiger partial charge in [0.2, 0.25) is 41.2 Å². The number of carboxylic acids is 2. The van der Waals surface area contributed by atoms with Crippen LogP contribution in [0.4, 0.5) is 0 Å². The van der Waals surface area contributed by atoms with Crippen molar-refractivity contribution in [2.45, 2.75) is 130 Å². The third-order valence-corrected chi connectivity index (χ3v) is 9.26. The highest BCUT2D eigenvalue weighted by Crippen LogP contribution is 2.22. The maximum atomic E-state index is 14.1. The van der Waals surface area contributed by atoms with Crippen molar-refractivity contribution in [1.82, 2.24) is 36.8 Å². The van der Waals surface area contributed by atoms with Gasteiger partial charge in [0.05, 0.1) is 6.04 Å². The van der Waals surface area contributed by atoms with Crippen molar-refractivity contribution in [3.8, 4) is 0 Å². The third kappa shape index (κ3) is 17.9. The topological polar surface area (TPSA) is 313 Å². The molecule has 336 valence electrons. The zero-order valence-corrected chi connectivity index (χ0v) is 35.3. The van der Waals surface area contributed by atoms with E-state index in [1.54, 1.807) is 41.5 Å². The summed E-state index contributed by atoms with van der Waals surface area (Å²) in [6.45, 7) is 14.0. The van der Waals surface area contributed by atoms with Gasteiger partial charge in [0.1, 0.15) is 43.4 Å². The number of Topliss-reactive ketones (excluding diaryl/α,β-unsaturated/α-hetero) is 1. The largest absolute Gasteiger partial charge is 0.481 e. The van der Waals surface area contributed by atoms with Crippen LogP contribution in [0.25, 0.3) is 0 Å². The molecule has 0 aromatic rings. The summed E-state index contributed by atoms with van der Waals surface area (Å²) < 4.78 is 4.79. The van der Waals surface area contributed by atoms with Crippen molar-refractivity contribution in [1.29, 1.82) is 0 Å². The van der Waals surface area contributed by atoms with Gasteiger partial charge in [-0.3, -0.25) is 52.7 Å². The van der Waals surface area contributed by atoms with E-state index in [1.807, 2.05) is 0 Å². The number of aliphatic carboxylic acids is 2. The van der Waals surface area contributed by atoms with Crippen molar-refractivity contribution in [3.63, 3.8) is 0 Å². The molecule has 60 heavy (non-hydrogen) atoms. The summed E-state index contributed by atoms with van der Waals surface area (Å²) in [6.07, 6.45) is 0.127. The number of nitrogens with one attached hydrogen (secondary N) is 6. The molecule has 1 unspecified atom stereocenters. The standard InChI is InChI=1S/C39H61N7O14/c1-9-17-60-30(52)19-40-38(58)33(53)26(18-20(2)3)43-36(56)27-11-10-16-46(27)39(59)32(22(6)7)45-37(57)31(21(4)5)44-35(55)25(13-15-29(50)51)42-34(54)24(41-23(8)47)12-14-28(48)49/h9,20-22,24-27,31-32H,1,10-19H2,2-8H3,(H,40,58)(H,41,47)(H,42,54)(H,43,56)(H,44,55)(H,45,57)(H,48,49)(H,50,51)/t24-,25?,26-,27-,31-,32-/m0/s1. The molecule has 21 nitrogen and oxygen atoms in total. The van der Waals surface area contributed by atoms with Crippen LogP contribution in [0, 0.1) is 17.8 Å². The third-order valence-electron chi connectivity index (χ3n) is 9.26. The Labute approximate surface area is 348 Å². The highest BCUT2D eigenvalue weighted by Gasteiger charge is 2.41. The second kappa shape index (κ2) is 25.6. The smallest absolute Gasteiger partial charge is 0.325 e. The van der Waals surface area contributed by atoms with E-state index in [0.29, 0.717) is 6.42 Å². The molecule has 0 aliphatic carbocycles. The lowest BCUT2D eigenvalue weighted by Gasteiger charge is -2.33. The number of carbonyl (C=O) groups excluding carboxylic acids is 9. The van der Waals surface area contributed by atoms with E-state index >= 15 is 0 Å². The number of carbonyl (C=O) groups is 11. The van der Waals surface area contributed by atoms with Gasteiger partial charge in [-0.15, -0.1) is 0 Å². The van der Waals surface area contributed by atoms with Crippen LogP contribution in [0.3, 0.4) is 0 Å². The fraction of sp³-hybridized carbons (Fsp3) is 0.667. The first kappa shape index (κ1) is 52.1. The normalized spacial score (nSPS) is 16.0. The Balaban J connectivity index is 3.23. The Bertz CT molecular complexity index is 1610. The lowest BCUT2D eigenvalue weighted by atomic mass is 9.98. The van der Waals surface area contributed by atoms with Crippen molar-refractivity contribution in [3.05, 3.63) is 12.7 Å². The zero-order valence-electron chi connectivity index (χ0n) is 35.3. The molecular formula is C39H61N7O14. The Hall–Kier alpha value is -5.89. The quantitative estimate of drug-likeness (QED) is 0.0292. The molecule has 0 spiro atoms. The molecule has 1 aliphatic heterocycles. The number of esters is 1. The van der Waals surface area contributed by atoms with E-state index in [-0.39, 0.29) is 38.3 Å². The van der Waals surface area contributed by atoms with E-state index in [1.165, 1.54) is 11.0 Å². The summed E-state index contributed by atoms with van der Waals surface area (Å²) in [5.74, 6) is -11.6. The monoisotopic (exact) mass is 851 g/mol. The van der Waals surface area contributed by atoms with Crippen LogP contribution in [0.2, 0.25) is 0 Å². The molecule has 21 heteroatoms. The van der Waals surface area contributed by atoms with E-state index < -0.39 is 139 Å². The molecule has 1 fully saturated rings. The molecule has 1 saturated heterocycles. The lowest BCUT2D eigenvalue weighted by Crippen LogP contribution is -2.61. The highest BCUT2D eigenvalue weighted by atomic mass is 16.5. The molecule has 6 atom stereocenters. The number of ether oxygens (including phenoxy) is 1.